The zero-order valence-corrected chi connectivity index (χ0v) is 11.4. The fourth-order valence-electron chi connectivity index (χ4n) is 1.48. The van der Waals surface area contributed by atoms with Crippen molar-refractivity contribution >= 4 is 39.1 Å². The lowest BCUT2D eigenvalue weighted by Crippen LogP contribution is -1.87. The third-order valence-corrected chi connectivity index (χ3v) is 3.39. The van der Waals surface area contributed by atoms with Crippen LogP contribution in [0.15, 0.2) is 34.8 Å². The highest BCUT2D eigenvalue weighted by Gasteiger charge is 2.14. The molecule has 0 aliphatic rings. The van der Waals surface area contributed by atoms with Gasteiger partial charge in [-0.15, -0.1) is 0 Å². The highest BCUT2D eigenvalue weighted by molar-refractivity contribution is 9.10. The summed E-state index contributed by atoms with van der Waals surface area (Å²) in [4.78, 5) is 0. The molecule has 0 aliphatic heterocycles. The van der Waals surface area contributed by atoms with E-state index in [2.05, 4.69) is 15.9 Å². The second-order valence-electron chi connectivity index (χ2n) is 3.39. The zero-order chi connectivity index (χ0) is 12.6. The summed E-state index contributed by atoms with van der Waals surface area (Å²) in [7, 11) is 0. The van der Waals surface area contributed by atoms with Gasteiger partial charge in [0.1, 0.15) is 11.6 Å². The van der Waals surface area contributed by atoms with Crippen molar-refractivity contribution in [3.63, 3.8) is 0 Å². The maximum Gasteiger partial charge on any atom is 0.145 e. The van der Waals surface area contributed by atoms with Gasteiger partial charge < -0.3 is 5.11 Å². The minimum atomic E-state index is -0.471. The van der Waals surface area contributed by atoms with Crippen LogP contribution in [0.4, 0.5) is 4.39 Å². The summed E-state index contributed by atoms with van der Waals surface area (Å²) in [6, 6.07) is 7.64. The SMILES string of the molecule is Oc1c(Cl)cc(Cl)cc1-c1cccc(Br)c1F. The fourth-order valence-corrected chi connectivity index (χ4v) is 2.34. The molecule has 1 nitrogen and oxygen atoms in total. The predicted octanol–water partition coefficient (Wildman–Crippen LogP) is 5.27. The van der Waals surface area contributed by atoms with Crippen LogP contribution in [-0.2, 0) is 0 Å². The Labute approximate surface area is 116 Å². The van der Waals surface area contributed by atoms with Crippen LogP contribution in [0, 0.1) is 5.82 Å². The van der Waals surface area contributed by atoms with Gasteiger partial charge in [0.15, 0.2) is 0 Å². The van der Waals surface area contributed by atoms with Gasteiger partial charge in [0.2, 0.25) is 0 Å². The molecule has 0 aliphatic carbocycles. The molecule has 88 valence electrons. The Bertz CT molecular complexity index is 587. The molecule has 0 spiro atoms. The lowest BCUT2D eigenvalue weighted by molar-refractivity contribution is 0.477. The summed E-state index contributed by atoms with van der Waals surface area (Å²) in [5.41, 5.74) is 0.502. The van der Waals surface area contributed by atoms with Crippen LogP contribution >= 0.6 is 39.1 Å². The first kappa shape index (κ1) is 12.7. The number of hydrogen-bond donors (Lipinski definition) is 1. The van der Waals surface area contributed by atoms with E-state index in [9.17, 15) is 9.50 Å². The van der Waals surface area contributed by atoms with Gasteiger partial charge >= 0.3 is 0 Å². The standard InChI is InChI=1S/C12H6BrCl2FO/c13-9-3-1-2-7(11(9)16)8-4-6(14)5-10(15)12(8)17/h1-5,17H. The molecule has 2 aromatic rings. The van der Waals surface area contributed by atoms with Crippen LogP contribution in [0.1, 0.15) is 0 Å². The minimum absolute atomic E-state index is 0.0897. The normalized spacial score (nSPS) is 10.6. The van der Waals surface area contributed by atoms with Gasteiger partial charge in [0.05, 0.1) is 9.50 Å². The summed E-state index contributed by atoms with van der Waals surface area (Å²) in [5, 5.41) is 10.2. The van der Waals surface area contributed by atoms with E-state index in [1.165, 1.54) is 12.1 Å². The van der Waals surface area contributed by atoms with E-state index in [0.29, 0.717) is 9.50 Å². The Kier molecular flexibility index (Phi) is 3.61. The van der Waals surface area contributed by atoms with Crippen molar-refractivity contribution < 1.29 is 9.50 Å². The Morgan fingerprint density at radius 3 is 2.53 bits per heavy atom. The van der Waals surface area contributed by atoms with Crippen LogP contribution < -0.4 is 0 Å². The molecule has 0 fully saturated rings. The largest absolute Gasteiger partial charge is 0.506 e. The monoisotopic (exact) mass is 334 g/mol. The van der Waals surface area contributed by atoms with Crippen molar-refractivity contribution in [2.75, 3.05) is 0 Å². The maximum absolute atomic E-state index is 13.9. The second-order valence-corrected chi connectivity index (χ2v) is 5.08. The Balaban J connectivity index is 2.73. The van der Waals surface area contributed by atoms with Crippen LogP contribution in [0.2, 0.25) is 10.0 Å². The van der Waals surface area contributed by atoms with Crippen molar-refractivity contribution in [3.8, 4) is 16.9 Å². The van der Waals surface area contributed by atoms with E-state index in [1.54, 1.807) is 18.2 Å². The number of rotatable bonds is 1. The fraction of sp³-hybridized carbons (Fsp3) is 0. The van der Waals surface area contributed by atoms with E-state index in [-0.39, 0.29) is 21.9 Å². The highest BCUT2D eigenvalue weighted by atomic mass is 79.9. The first-order chi connectivity index (χ1) is 8.00. The summed E-state index contributed by atoms with van der Waals surface area (Å²) in [6.45, 7) is 0. The average Bonchev–Trinajstić information content (AvgIpc) is 2.27. The first-order valence-corrected chi connectivity index (χ1v) is 6.18. The van der Waals surface area contributed by atoms with Crippen molar-refractivity contribution in [1.82, 2.24) is 0 Å². The lowest BCUT2D eigenvalue weighted by Gasteiger charge is -2.09. The number of aromatic hydroxyl groups is 1. The molecule has 2 aromatic carbocycles. The topological polar surface area (TPSA) is 20.2 Å². The Morgan fingerprint density at radius 2 is 1.82 bits per heavy atom. The van der Waals surface area contributed by atoms with E-state index < -0.39 is 5.82 Å². The molecular formula is C12H6BrCl2FO. The zero-order valence-electron chi connectivity index (χ0n) is 8.35. The van der Waals surface area contributed by atoms with Crippen molar-refractivity contribution in [2.45, 2.75) is 0 Å². The predicted molar refractivity (Wildman–Crippen MR) is 71.2 cm³/mol. The van der Waals surface area contributed by atoms with E-state index in [4.69, 9.17) is 23.2 Å². The van der Waals surface area contributed by atoms with Crippen molar-refractivity contribution in [3.05, 3.63) is 50.7 Å². The molecule has 0 radical (unpaired) electrons. The second kappa shape index (κ2) is 4.84. The molecule has 0 unspecified atom stereocenters. The molecule has 0 aromatic heterocycles. The number of hydrogen-bond acceptors (Lipinski definition) is 1. The van der Waals surface area contributed by atoms with Gasteiger partial charge in [-0.1, -0.05) is 35.3 Å². The van der Waals surface area contributed by atoms with Gasteiger partial charge in [-0.3, -0.25) is 0 Å². The third-order valence-electron chi connectivity index (χ3n) is 2.27. The molecule has 0 saturated carbocycles. The summed E-state index contributed by atoms with van der Waals surface area (Å²) >= 11 is 14.7. The number of phenols is 1. The van der Waals surface area contributed by atoms with Crippen LogP contribution in [0.25, 0.3) is 11.1 Å². The quantitative estimate of drug-likeness (QED) is 0.752. The molecule has 0 atom stereocenters. The van der Waals surface area contributed by atoms with Crippen molar-refractivity contribution in [1.29, 1.82) is 0 Å². The van der Waals surface area contributed by atoms with Crippen molar-refractivity contribution in [2.24, 2.45) is 0 Å². The molecule has 17 heavy (non-hydrogen) atoms. The first-order valence-electron chi connectivity index (χ1n) is 4.63. The third kappa shape index (κ3) is 2.41. The summed E-state index contributed by atoms with van der Waals surface area (Å²) < 4.78 is 14.2. The van der Waals surface area contributed by atoms with Gasteiger partial charge in [-0.25, -0.2) is 4.39 Å². The molecule has 0 amide bonds. The van der Waals surface area contributed by atoms with Gasteiger partial charge in [0.25, 0.3) is 0 Å². The molecule has 0 saturated heterocycles. The smallest absolute Gasteiger partial charge is 0.145 e. The van der Waals surface area contributed by atoms with Gasteiger partial charge in [0, 0.05) is 16.1 Å². The average molecular weight is 336 g/mol. The maximum atomic E-state index is 13.9. The molecular weight excluding hydrogens is 330 g/mol. The molecule has 1 N–H and O–H groups in total. The summed E-state index contributed by atoms with van der Waals surface area (Å²) in [6.07, 6.45) is 0. The molecule has 2 rings (SSSR count). The Hall–Kier alpha value is -0.770. The molecule has 0 heterocycles. The van der Waals surface area contributed by atoms with Gasteiger partial charge in [-0.2, -0.15) is 0 Å². The van der Waals surface area contributed by atoms with Crippen LogP contribution in [0.5, 0.6) is 5.75 Å². The van der Waals surface area contributed by atoms with Gasteiger partial charge in [-0.05, 0) is 34.1 Å². The summed E-state index contributed by atoms with van der Waals surface area (Å²) in [5.74, 6) is -0.658. The highest BCUT2D eigenvalue weighted by Crippen LogP contribution is 2.39. The van der Waals surface area contributed by atoms with Crippen LogP contribution in [0.3, 0.4) is 0 Å². The van der Waals surface area contributed by atoms with E-state index in [0.717, 1.165) is 0 Å². The lowest BCUT2D eigenvalue weighted by atomic mass is 10.0. The minimum Gasteiger partial charge on any atom is -0.506 e. The van der Waals surface area contributed by atoms with E-state index >= 15 is 0 Å². The van der Waals surface area contributed by atoms with Crippen LogP contribution in [-0.4, -0.2) is 5.11 Å². The number of halogens is 4. The molecule has 5 heteroatoms. The number of phenolic OH excluding ortho intramolecular Hbond substituents is 1. The Morgan fingerprint density at radius 1 is 1.12 bits per heavy atom. The van der Waals surface area contributed by atoms with E-state index in [1.807, 2.05) is 0 Å². The molecule has 0 bridgehead atoms. The number of benzene rings is 2.